The molecule has 0 aliphatic carbocycles. The molecule has 0 saturated carbocycles. The summed E-state index contributed by atoms with van der Waals surface area (Å²) in [6, 6.07) is 20.7. The van der Waals surface area contributed by atoms with Crippen LogP contribution < -0.4 is 10.2 Å². The maximum atomic E-state index is 13.7. The lowest BCUT2D eigenvalue weighted by Gasteiger charge is -2.32. The topological polar surface area (TPSA) is 75.2 Å². The molecular formula is C26H21FN4O2. The molecule has 7 heteroatoms. The highest BCUT2D eigenvalue weighted by atomic mass is 19.1. The molecule has 0 bridgehead atoms. The van der Waals surface area contributed by atoms with Crippen LogP contribution in [0.2, 0.25) is 0 Å². The third-order valence-corrected chi connectivity index (χ3v) is 5.14. The van der Waals surface area contributed by atoms with Gasteiger partial charge < -0.3 is 5.32 Å². The van der Waals surface area contributed by atoms with Crippen LogP contribution in [0, 0.1) is 12.7 Å². The van der Waals surface area contributed by atoms with E-state index in [4.69, 9.17) is 0 Å². The minimum Gasteiger partial charge on any atom is -0.324 e. The molecule has 1 aromatic heterocycles. The fourth-order valence-corrected chi connectivity index (χ4v) is 3.54. The van der Waals surface area contributed by atoms with Gasteiger partial charge in [-0.25, -0.2) is 9.37 Å². The van der Waals surface area contributed by atoms with Crippen molar-refractivity contribution in [2.75, 3.05) is 10.2 Å². The van der Waals surface area contributed by atoms with E-state index in [-0.39, 0.29) is 5.69 Å². The van der Waals surface area contributed by atoms with E-state index in [1.807, 2.05) is 37.3 Å². The lowest BCUT2D eigenvalue weighted by Crippen LogP contribution is -2.42. The van der Waals surface area contributed by atoms with Crippen LogP contribution in [-0.2, 0) is 4.79 Å². The van der Waals surface area contributed by atoms with Gasteiger partial charge in [-0.1, -0.05) is 42.5 Å². The number of aryl methyl sites for hydroxylation is 1. The van der Waals surface area contributed by atoms with Crippen molar-refractivity contribution in [3.63, 3.8) is 0 Å². The molecular weight excluding hydrogens is 419 g/mol. The highest BCUT2D eigenvalue weighted by molar-refractivity contribution is 6.11. The van der Waals surface area contributed by atoms with Crippen molar-refractivity contribution < 1.29 is 14.0 Å². The second-order valence-electron chi connectivity index (χ2n) is 7.36. The molecule has 164 valence electrons. The molecule has 0 radical (unpaired) electrons. The van der Waals surface area contributed by atoms with Gasteiger partial charge in [0.05, 0.1) is 6.20 Å². The van der Waals surface area contributed by atoms with Crippen molar-refractivity contribution in [2.45, 2.75) is 13.0 Å². The van der Waals surface area contributed by atoms with E-state index in [9.17, 15) is 14.0 Å². The van der Waals surface area contributed by atoms with Gasteiger partial charge in [0.25, 0.3) is 11.8 Å². The first-order valence-electron chi connectivity index (χ1n) is 10.3. The normalized spacial score (nSPS) is 11.5. The zero-order valence-corrected chi connectivity index (χ0v) is 17.9. The van der Waals surface area contributed by atoms with Crippen molar-refractivity contribution in [1.29, 1.82) is 0 Å². The molecule has 1 unspecified atom stereocenters. The lowest BCUT2D eigenvalue weighted by molar-refractivity contribution is -0.117. The molecule has 0 saturated heterocycles. The van der Waals surface area contributed by atoms with E-state index in [1.165, 1.54) is 47.8 Å². The van der Waals surface area contributed by atoms with Crippen LogP contribution in [-0.4, -0.2) is 21.8 Å². The molecule has 1 N–H and O–H groups in total. The molecule has 4 aromatic rings. The van der Waals surface area contributed by atoms with Crippen molar-refractivity contribution in [3.05, 3.63) is 120 Å². The number of rotatable bonds is 6. The Morgan fingerprint density at radius 2 is 1.61 bits per heavy atom. The molecule has 33 heavy (non-hydrogen) atoms. The predicted molar refractivity (Wildman–Crippen MR) is 124 cm³/mol. The average Bonchev–Trinajstić information content (AvgIpc) is 2.85. The average molecular weight is 440 g/mol. The highest BCUT2D eigenvalue weighted by Gasteiger charge is 2.35. The molecule has 0 aliphatic heterocycles. The molecule has 4 rings (SSSR count). The van der Waals surface area contributed by atoms with Crippen molar-refractivity contribution >= 4 is 23.2 Å². The number of benzene rings is 3. The Morgan fingerprint density at radius 1 is 0.909 bits per heavy atom. The number of aromatic nitrogens is 2. The highest BCUT2D eigenvalue weighted by Crippen LogP contribution is 2.32. The Bertz CT molecular complexity index is 1250. The molecule has 2 amide bonds. The van der Waals surface area contributed by atoms with Crippen LogP contribution in [0.3, 0.4) is 0 Å². The number of nitrogens with zero attached hydrogens (tertiary/aromatic N) is 3. The number of halogens is 1. The van der Waals surface area contributed by atoms with Crippen LogP contribution >= 0.6 is 0 Å². The van der Waals surface area contributed by atoms with Gasteiger partial charge in [-0.3, -0.25) is 19.5 Å². The number of hydrogen-bond donors (Lipinski definition) is 1. The number of carbonyl (C=O) groups is 2. The summed E-state index contributed by atoms with van der Waals surface area (Å²) in [6.45, 7) is 1.88. The lowest BCUT2D eigenvalue weighted by atomic mass is 9.97. The Morgan fingerprint density at radius 3 is 2.27 bits per heavy atom. The van der Waals surface area contributed by atoms with E-state index in [2.05, 4.69) is 15.3 Å². The summed E-state index contributed by atoms with van der Waals surface area (Å²) in [7, 11) is 0. The second-order valence-corrected chi connectivity index (χ2v) is 7.36. The van der Waals surface area contributed by atoms with Gasteiger partial charge in [0.1, 0.15) is 17.6 Å². The first-order valence-corrected chi connectivity index (χ1v) is 10.3. The quantitative estimate of drug-likeness (QED) is 0.460. The molecule has 0 fully saturated rings. The van der Waals surface area contributed by atoms with Crippen LogP contribution in [0.5, 0.6) is 0 Å². The first kappa shape index (κ1) is 21.8. The third-order valence-electron chi connectivity index (χ3n) is 5.14. The minimum absolute atomic E-state index is 0.106. The number of nitrogens with one attached hydrogen (secondary N) is 1. The SMILES string of the molecule is Cc1ccccc1C(C(=O)Nc1ccc(F)cc1)N(C(=O)c1cnccn1)c1ccccc1. The fourth-order valence-electron chi connectivity index (χ4n) is 3.54. The van der Waals surface area contributed by atoms with Crippen LogP contribution in [0.25, 0.3) is 0 Å². The van der Waals surface area contributed by atoms with Crippen molar-refractivity contribution in [3.8, 4) is 0 Å². The van der Waals surface area contributed by atoms with Gasteiger partial charge in [-0.15, -0.1) is 0 Å². The summed E-state index contributed by atoms with van der Waals surface area (Å²) < 4.78 is 13.4. The summed E-state index contributed by atoms with van der Waals surface area (Å²) >= 11 is 0. The van der Waals surface area contributed by atoms with Crippen LogP contribution in [0.4, 0.5) is 15.8 Å². The Balaban J connectivity index is 1.84. The third kappa shape index (κ3) is 4.93. The summed E-state index contributed by atoms with van der Waals surface area (Å²) in [4.78, 5) is 36.9. The van der Waals surface area contributed by atoms with E-state index in [0.29, 0.717) is 16.9 Å². The molecule has 0 spiro atoms. The summed E-state index contributed by atoms with van der Waals surface area (Å²) in [5.74, 6) is -1.33. The van der Waals surface area contributed by atoms with Gasteiger partial charge in [0.2, 0.25) is 0 Å². The van der Waals surface area contributed by atoms with E-state index < -0.39 is 23.7 Å². The first-order chi connectivity index (χ1) is 16.0. The van der Waals surface area contributed by atoms with Gasteiger partial charge in [0.15, 0.2) is 0 Å². The Hall–Kier alpha value is -4.39. The maximum absolute atomic E-state index is 13.7. The predicted octanol–water partition coefficient (Wildman–Crippen LogP) is 4.95. The zero-order chi connectivity index (χ0) is 23.2. The van der Waals surface area contributed by atoms with Gasteiger partial charge in [-0.2, -0.15) is 0 Å². The number of anilines is 2. The Kier molecular flexibility index (Phi) is 6.50. The van der Waals surface area contributed by atoms with Crippen LogP contribution in [0.15, 0.2) is 97.5 Å². The fraction of sp³-hybridized carbons (Fsp3) is 0.0769. The molecule has 3 aromatic carbocycles. The number of hydrogen-bond acceptors (Lipinski definition) is 4. The molecule has 1 atom stereocenters. The maximum Gasteiger partial charge on any atom is 0.279 e. The summed E-state index contributed by atoms with van der Waals surface area (Å²) in [5.41, 5.74) is 2.54. The summed E-state index contributed by atoms with van der Waals surface area (Å²) in [5, 5.41) is 2.82. The number of amides is 2. The number of para-hydroxylation sites is 1. The monoisotopic (exact) mass is 440 g/mol. The standard InChI is InChI=1S/C26H21FN4O2/c1-18-7-5-6-10-22(18)24(25(32)30-20-13-11-19(27)12-14-20)31(21-8-3-2-4-9-21)26(33)23-17-28-15-16-29-23/h2-17,24H,1H3,(H,30,32). The number of carbonyl (C=O) groups excluding carboxylic acids is 2. The smallest absolute Gasteiger partial charge is 0.279 e. The Labute approximate surface area is 190 Å². The molecule has 0 aliphatic rings. The second kappa shape index (κ2) is 9.82. The van der Waals surface area contributed by atoms with Crippen LogP contribution in [0.1, 0.15) is 27.7 Å². The van der Waals surface area contributed by atoms with Gasteiger partial charge >= 0.3 is 0 Å². The van der Waals surface area contributed by atoms with E-state index in [0.717, 1.165) is 5.56 Å². The van der Waals surface area contributed by atoms with E-state index in [1.54, 1.807) is 24.3 Å². The van der Waals surface area contributed by atoms with Crippen molar-refractivity contribution in [1.82, 2.24) is 9.97 Å². The largest absolute Gasteiger partial charge is 0.324 e. The summed E-state index contributed by atoms with van der Waals surface area (Å²) in [6.07, 6.45) is 4.27. The van der Waals surface area contributed by atoms with Gasteiger partial charge in [-0.05, 0) is 54.4 Å². The zero-order valence-electron chi connectivity index (χ0n) is 17.9. The molecule has 1 heterocycles. The van der Waals surface area contributed by atoms with Crippen molar-refractivity contribution in [2.24, 2.45) is 0 Å². The van der Waals surface area contributed by atoms with E-state index >= 15 is 0 Å². The minimum atomic E-state index is -1.02. The molecule has 6 nitrogen and oxygen atoms in total. The van der Waals surface area contributed by atoms with Gasteiger partial charge in [0, 0.05) is 23.8 Å².